The van der Waals surface area contributed by atoms with Crippen LogP contribution in [0.5, 0.6) is 5.75 Å². The van der Waals surface area contributed by atoms with Gasteiger partial charge in [-0.25, -0.2) is 13.1 Å². The Hall–Kier alpha value is -2.38. The van der Waals surface area contributed by atoms with Crippen molar-refractivity contribution in [2.45, 2.75) is 25.2 Å². The molecule has 0 aliphatic heterocycles. The van der Waals surface area contributed by atoms with Crippen LogP contribution in [0.1, 0.15) is 29.8 Å². The van der Waals surface area contributed by atoms with Crippen LogP contribution >= 0.6 is 0 Å². The molecule has 6 nitrogen and oxygen atoms in total. The summed E-state index contributed by atoms with van der Waals surface area (Å²) >= 11 is 0. The summed E-state index contributed by atoms with van der Waals surface area (Å²) in [5.74, 6) is -0.0915. The van der Waals surface area contributed by atoms with E-state index in [1.54, 1.807) is 19.9 Å². The molecule has 0 heterocycles. The Bertz CT molecular complexity index is 836. The van der Waals surface area contributed by atoms with E-state index in [2.05, 4.69) is 10.0 Å². The smallest absolute Gasteiger partial charge is 0.251 e. The molecule has 0 bridgehead atoms. The second-order valence-electron chi connectivity index (χ2n) is 5.59. The quantitative estimate of drug-likeness (QED) is 0.704. The van der Waals surface area contributed by atoms with Gasteiger partial charge in [-0.05, 0) is 37.1 Å². The van der Waals surface area contributed by atoms with E-state index in [9.17, 15) is 13.2 Å². The average Bonchev–Trinajstić information content (AvgIpc) is 2.63. The van der Waals surface area contributed by atoms with Crippen molar-refractivity contribution in [2.75, 3.05) is 19.7 Å². The molecule has 0 atom stereocenters. The summed E-state index contributed by atoms with van der Waals surface area (Å²) in [5.41, 5.74) is 1.40. The van der Waals surface area contributed by atoms with Gasteiger partial charge in [-0.3, -0.25) is 4.79 Å². The maximum atomic E-state index is 12.4. The molecule has 2 aromatic rings. The van der Waals surface area contributed by atoms with Crippen LogP contribution in [0, 0.1) is 0 Å². The molecule has 26 heavy (non-hydrogen) atoms. The van der Waals surface area contributed by atoms with Crippen LogP contribution < -0.4 is 14.8 Å². The lowest BCUT2D eigenvalue weighted by Gasteiger charge is -2.13. The van der Waals surface area contributed by atoms with Gasteiger partial charge in [0, 0.05) is 18.7 Å². The Kier molecular flexibility index (Phi) is 7.17. The normalized spacial score (nSPS) is 11.2. The standard InChI is InChI=1S/C19H24N2O4S/c1-3-21-26(23,24)18-14-16(10-11-17(18)25-4-2)19(22)20-13-12-15-8-6-5-7-9-15/h5-11,14,21H,3-4,12-13H2,1-2H3,(H,20,22). The largest absolute Gasteiger partial charge is 0.492 e. The summed E-state index contributed by atoms with van der Waals surface area (Å²) < 4.78 is 32.6. The number of hydrogen-bond acceptors (Lipinski definition) is 4. The Balaban J connectivity index is 2.14. The van der Waals surface area contributed by atoms with Crippen molar-refractivity contribution in [2.24, 2.45) is 0 Å². The van der Waals surface area contributed by atoms with Crippen LogP contribution in [-0.2, 0) is 16.4 Å². The average molecular weight is 376 g/mol. The first-order chi connectivity index (χ1) is 12.5. The zero-order chi connectivity index (χ0) is 19.0. The molecule has 2 N–H and O–H groups in total. The lowest BCUT2D eigenvalue weighted by atomic mass is 10.1. The molecule has 0 saturated heterocycles. The second kappa shape index (κ2) is 9.35. The fourth-order valence-corrected chi connectivity index (χ4v) is 3.68. The molecule has 1 amide bonds. The van der Waals surface area contributed by atoms with Gasteiger partial charge in [0.05, 0.1) is 6.61 Å². The van der Waals surface area contributed by atoms with Crippen molar-refractivity contribution in [3.8, 4) is 5.75 Å². The van der Waals surface area contributed by atoms with Gasteiger partial charge >= 0.3 is 0 Å². The van der Waals surface area contributed by atoms with Gasteiger partial charge in [-0.15, -0.1) is 0 Å². The van der Waals surface area contributed by atoms with Crippen molar-refractivity contribution in [3.05, 3.63) is 59.7 Å². The van der Waals surface area contributed by atoms with E-state index in [0.29, 0.717) is 19.6 Å². The minimum Gasteiger partial charge on any atom is -0.492 e. The maximum Gasteiger partial charge on any atom is 0.251 e. The topological polar surface area (TPSA) is 84.5 Å². The first-order valence-corrected chi connectivity index (χ1v) is 10.0. The lowest BCUT2D eigenvalue weighted by molar-refractivity contribution is 0.0954. The molecule has 0 aliphatic carbocycles. The third-order valence-corrected chi connectivity index (χ3v) is 5.24. The van der Waals surface area contributed by atoms with Crippen molar-refractivity contribution in [1.82, 2.24) is 10.0 Å². The summed E-state index contributed by atoms with van der Waals surface area (Å²) in [7, 11) is -3.74. The molecule has 0 spiro atoms. The molecule has 0 unspecified atom stereocenters. The Morgan fingerprint density at radius 3 is 2.46 bits per heavy atom. The second-order valence-corrected chi connectivity index (χ2v) is 7.32. The van der Waals surface area contributed by atoms with Crippen LogP contribution in [0.3, 0.4) is 0 Å². The van der Waals surface area contributed by atoms with Crippen LogP contribution in [-0.4, -0.2) is 34.0 Å². The van der Waals surface area contributed by atoms with E-state index in [0.717, 1.165) is 5.56 Å². The van der Waals surface area contributed by atoms with Gasteiger partial charge < -0.3 is 10.1 Å². The van der Waals surface area contributed by atoms with Crippen molar-refractivity contribution >= 4 is 15.9 Å². The van der Waals surface area contributed by atoms with Crippen molar-refractivity contribution < 1.29 is 17.9 Å². The minimum absolute atomic E-state index is 0.0306. The number of hydrogen-bond donors (Lipinski definition) is 2. The first kappa shape index (κ1) is 19.9. The van der Waals surface area contributed by atoms with Gasteiger partial charge in [0.1, 0.15) is 10.6 Å². The minimum atomic E-state index is -3.74. The van der Waals surface area contributed by atoms with Crippen LogP contribution in [0.25, 0.3) is 0 Å². The fourth-order valence-electron chi connectivity index (χ4n) is 2.47. The molecule has 0 fully saturated rings. The SMILES string of the molecule is CCNS(=O)(=O)c1cc(C(=O)NCCc2ccccc2)ccc1OCC. The van der Waals surface area contributed by atoms with Gasteiger partial charge in [0.2, 0.25) is 10.0 Å². The van der Waals surface area contributed by atoms with Crippen LogP contribution in [0.15, 0.2) is 53.4 Å². The monoisotopic (exact) mass is 376 g/mol. The number of benzene rings is 2. The van der Waals surface area contributed by atoms with E-state index in [1.165, 1.54) is 12.1 Å². The third-order valence-electron chi connectivity index (χ3n) is 3.67. The molecule has 0 radical (unpaired) electrons. The fraction of sp³-hybridized carbons (Fsp3) is 0.316. The Morgan fingerprint density at radius 1 is 1.08 bits per heavy atom. The predicted molar refractivity (Wildman–Crippen MR) is 101 cm³/mol. The van der Waals surface area contributed by atoms with Crippen LogP contribution in [0.2, 0.25) is 0 Å². The summed E-state index contributed by atoms with van der Waals surface area (Å²) in [4.78, 5) is 12.3. The molecular formula is C19H24N2O4S. The number of rotatable bonds is 9. The number of carbonyl (C=O) groups excluding carboxylic acids is 1. The van der Waals surface area contributed by atoms with E-state index < -0.39 is 10.0 Å². The van der Waals surface area contributed by atoms with Gasteiger partial charge in [0.25, 0.3) is 5.91 Å². The van der Waals surface area contributed by atoms with Crippen molar-refractivity contribution in [3.63, 3.8) is 0 Å². The van der Waals surface area contributed by atoms with E-state index in [-0.39, 0.29) is 28.7 Å². The highest BCUT2D eigenvalue weighted by molar-refractivity contribution is 7.89. The first-order valence-electron chi connectivity index (χ1n) is 8.56. The highest BCUT2D eigenvalue weighted by Gasteiger charge is 2.21. The molecular weight excluding hydrogens is 352 g/mol. The van der Waals surface area contributed by atoms with E-state index in [1.807, 2.05) is 30.3 Å². The predicted octanol–water partition coefficient (Wildman–Crippen LogP) is 2.36. The highest BCUT2D eigenvalue weighted by Crippen LogP contribution is 2.25. The lowest BCUT2D eigenvalue weighted by Crippen LogP contribution is -2.27. The zero-order valence-corrected chi connectivity index (χ0v) is 15.8. The number of ether oxygens (including phenoxy) is 1. The van der Waals surface area contributed by atoms with Crippen LogP contribution in [0.4, 0.5) is 0 Å². The zero-order valence-electron chi connectivity index (χ0n) is 15.0. The number of nitrogens with one attached hydrogen (secondary N) is 2. The summed E-state index contributed by atoms with van der Waals surface area (Å²) in [6.07, 6.45) is 0.701. The third kappa shape index (κ3) is 5.31. The van der Waals surface area contributed by atoms with E-state index in [4.69, 9.17) is 4.74 Å². The molecule has 2 rings (SSSR count). The number of amides is 1. The maximum absolute atomic E-state index is 12.4. The Labute approximate surface area is 154 Å². The summed E-state index contributed by atoms with van der Waals surface area (Å²) in [5, 5.41) is 2.81. The van der Waals surface area contributed by atoms with Gasteiger partial charge in [-0.1, -0.05) is 37.3 Å². The highest BCUT2D eigenvalue weighted by atomic mass is 32.2. The molecule has 0 aliphatic rings. The molecule has 0 saturated carbocycles. The molecule has 140 valence electrons. The Morgan fingerprint density at radius 2 is 1.81 bits per heavy atom. The van der Waals surface area contributed by atoms with Crippen molar-refractivity contribution in [1.29, 1.82) is 0 Å². The van der Waals surface area contributed by atoms with Gasteiger partial charge in [-0.2, -0.15) is 0 Å². The molecule has 2 aromatic carbocycles. The van der Waals surface area contributed by atoms with Gasteiger partial charge in [0.15, 0.2) is 0 Å². The summed E-state index contributed by atoms with van der Waals surface area (Å²) in [6, 6.07) is 14.2. The number of sulfonamides is 1. The van der Waals surface area contributed by atoms with E-state index >= 15 is 0 Å². The molecule has 7 heteroatoms. The number of carbonyl (C=O) groups is 1. The summed E-state index contributed by atoms with van der Waals surface area (Å²) in [6.45, 7) is 4.51. The molecule has 0 aromatic heterocycles.